The third kappa shape index (κ3) is 6.27. The maximum absolute atomic E-state index is 12.8. The van der Waals surface area contributed by atoms with E-state index in [4.69, 9.17) is 9.84 Å². The molecule has 1 atom stereocenters. The highest BCUT2D eigenvalue weighted by atomic mass is 16.5. The SMILES string of the molecule is CCCC(=O)N1CCCC(C(=O)N(C)Cc2ccc(OCC(=O)O)cc2)C1. The molecule has 1 N–H and O–H groups in total. The number of carboxylic acid groups (broad SMARTS) is 1. The van der Waals surface area contributed by atoms with Gasteiger partial charge >= 0.3 is 5.97 Å². The number of likely N-dealkylation sites (tertiary alicyclic amines) is 1. The van der Waals surface area contributed by atoms with Crippen LogP contribution in [0.25, 0.3) is 0 Å². The summed E-state index contributed by atoms with van der Waals surface area (Å²) in [4.78, 5) is 38.9. The number of ether oxygens (including phenoxy) is 1. The average molecular weight is 376 g/mol. The topological polar surface area (TPSA) is 87.2 Å². The first-order valence-electron chi connectivity index (χ1n) is 9.37. The van der Waals surface area contributed by atoms with Crippen molar-refractivity contribution in [2.24, 2.45) is 5.92 Å². The van der Waals surface area contributed by atoms with Crippen LogP contribution in [0.5, 0.6) is 5.75 Å². The van der Waals surface area contributed by atoms with Gasteiger partial charge in [0.25, 0.3) is 0 Å². The summed E-state index contributed by atoms with van der Waals surface area (Å²) >= 11 is 0. The van der Waals surface area contributed by atoms with Crippen LogP contribution >= 0.6 is 0 Å². The summed E-state index contributed by atoms with van der Waals surface area (Å²) in [6, 6.07) is 7.03. The molecule has 148 valence electrons. The van der Waals surface area contributed by atoms with Crippen LogP contribution in [0.2, 0.25) is 0 Å². The minimum Gasteiger partial charge on any atom is -0.482 e. The fraction of sp³-hybridized carbons (Fsp3) is 0.550. The van der Waals surface area contributed by atoms with Gasteiger partial charge < -0.3 is 19.6 Å². The van der Waals surface area contributed by atoms with E-state index in [0.717, 1.165) is 31.4 Å². The van der Waals surface area contributed by atoms with Crippen molar-refractivity contribution < 1.29 is 24.2 Å². The van der Waals surface area contributed by atoms with Crippen molar-refractivity contribution in [1.29, 1.82) is 0 Å². The second-order valence-electron chi connectivity index (χ2n) is 6.95. The van der Waals surface area contributed by atoms with Crippen LogP contribution in [0.15, 0.2) is 24.3 Å². The van der Waals surface area contributed by atoms with Crippen molar-refractivity contribution in [3.05, 3.63) is 29.8 Å². The summed E-state index contributed by atoms with van der Waals surface area (Å²) in [6.07, 6.45) is 3.02. The Hall–Kier alpha value is -2.57. The number of benzene rings is 1. The highest BCUT2D eigenvalue weighted by molar-refractivity contribution is 5.81. The van der Waals surface area contributed by atoms with Crippen molar-refractivity contribution in [2.75, 3.05) is 26.7 Å². The van der Waals surface area contributed by atoms with Crippen molar-refractivity contribution in [3.8, 4) is 5.75 Å². The summed E-state index contributed by atoms with van der Waals surface area (Å²) in [7, 11) is 1.77. The van der Waals surface area contributed by atoms with Crippen molar-refractivity contribution in [2.45, 2.75) is 39.2 Å². The molecule has 1 unspecified atom stereocenters. The minimum absolute atomic E-state index is 0.0511. The first kappa shape index (κ1) is 20.7. The molecule has 1 saturated heterocycles. The van der Waals surface area contributed by atoms with Gasteiger partial charge in [-0.3, -0.25) is 9.59 Å². The molecule has 2 rings (SSSR count). The van der Waals surface area contributed by atoms with Crippen molar-refractivity contribution in [1.82, 2.24) is 9.80 Å². The highest BCUT2D eigenvalue weighted by Gasteiger charge is 2.29. The summed E-state index contributed by atoms with van der Waals surface area (Å²) < 4.78 is 5.11. The molecule has 27 heavy (non-hydrogen) atoms. The van der Waals surface area contributed by atoms with Crippen LogP contribution in [-0.4, -0.2) is 59.4 Å². The largest absolute Gasteiger partial charge is 0.482 e. The second-order valence-corrected chi connectivity index (χ2v) is 6.95. The maximum atomic E-state index is 12.8. The van der Waals surface area contributed by atoms with E-state index >= 15 is 0 Å². The van der Waals surface area contributed by atoms with Crippen molar-refractivity contribution in [3.63, 3.8) is 0 Å². The van der Waals surface area contributed by atoms with E-state index in [0.29, 0.717) is 25.3 Å². The normalized spacial score (nSPS) is 16.7. The number of piperidine rings is 1. The van der Waals surface area contributed by atoms with Crippen LogP contribution in [0.3, 0.4) is 0 Å². The zero-order chi connectivity index (χ0) is 19.8. The van der Waals surface area contributed by atoms with Crippen LogP contribution in [0.1, 0.15) is 38.2 Å². The molecule has 1 fully saturated rings. The number of carboxylic acids is 1. The van der Waals surface area contributed by atoms with Gasteiger partial charge in [-0.2, -0.15) is 0 Å². The first-order valence-corrected chi connectivity index (χ1v) is 9.37. The lowest BCUT2D eigenvalue weighted by Gasteiger charge is -2.34. The Morgan fingerprint density at radius 1 is 1.26 bits per heavy atom. The zero-order valence-corrected chi connectivity index (χ0v) is 16.0. The van der Waals surface area contributed by atoms with Crippen LogP contribution < -0.4 is 4.74 Å². The predicted molar refractivity (Wildman–Crippen MR) is 100 cm³/mol. The molecule has 0 bridgehead atoms. The Morgan fingerprint density at radius 3 is 2.59 bits per heavy atom. The lowest BCUT2D eigenvalue weighted by molar-refractivity contribution is -0.141. The first-order chi connectivity index (χ1) is 12.9. The molecular formula is C20H28N2O5. The summed E-state index contributed by atoms with van der Waals surface area (Å²) in [5, 5.41) is 8.62. The number of carbonyl (C=O) groups excluding carboxylic acids is 2. The molecule has 1 aromatic rings. The van der Waals surface area contributed by atoms with Gasteiger partial charge in [-0.15, -0.1) is 0 Å². The molecule has 1 aliphatic heterocycles. The number of hydrogen-bond donors (Lipinski definition) is 1. The van der Waals surface area contributed by atoms with E-state index in [9.17, 15) is 14.4 Å². The van der Waals surface area contributed by atoms with Gasteiger partial charge in [-0.25, -0.2) is 4.79 Å². The fourth-order valence-corrected chi connectivity index (χ4v) is 3.28. The Bertz CT molecular complexity index is 659. The van der Waals surface area contributed by atoms with Gasteiger partial charge in [0, 0.05) is 33.1 Å². The Morgan fingerprint density at radius 2 is 1.96 bits per heavy atom. The molecule has 0 spiro atoms. The molecule has 1 heterocycles. The third-order valence-electron chi connectivity index (χ3n) is 4.67. The van der Waals surface area contributed by atoms with E-state index in [1.165, 1.54) is 0 Å². The van der Waals surface area contributed by atoms with E-state index in [2.05, 4.69) is 0 Å². The number of aliphatic carboxylic acids is 1. The molecular weight excluding hydrogens is 348 g/mol. The van der Waals surface area contributed by atoms with Crippen LogP contribution in [-0.2, 0) is 20.9 Å². The lowest BCUT2D eigenvalue weighted by Crippen LogP contribution is -2.45. The summed E-state index contributed by atoms with van der Waals surface area (Å²) in [6.45, 7) is 3.30. The molecule has 1 aromatic carbocycles. The molecule has 0 aromatic heterocycles. The van der Waals surface area contributed by atoms with Crippen LogP contribution in [0.4, 0.5) is 0 Å². The van der Waals surface area contributed by atoms with Gasteiger partial charge in [0.1, 0.15) is 5.75 Å². The van der Waals surface area contributed by atoms with E-state index in [1.54, 1.807) is 24.1 Å². The molecule has 0 radical (unpaired) electrons. The van der Waals surface area contributed by atoms with Gasteiger partial charge in [-0.05, 0) is 37.0 Å². The maximum Gasteiger partial charge on any atom is 0.341 e. The number of hydrogen-bond acceptors (Lipinski definition) is 4. The number of nitrogens with zero attached hydrogens (tertiary/aromatic N) is 2. The Labute approximate surface area is 159 Å². The molecule has 0 saturated carbocycles. The molecule has 1 aliphatic rings. The minimum atomic E-state index is -1.02. The van der Waals surface area contributed by atoms with E-state index in [1.807, 2.05) is 24.0 Å². The molecule has 0 aliphatic carbocycles. The smallest absolute Gasteiger partial charge is 0.341 e. The second kappa shape index (κ2) is 9.94. The third-order valence-corrected chi connectivity index (χ3v) is 4.67. The quantitative estimate of drug-likeness (QED) is 0.751. The number of amides is 2. The van der Waals surface area contributed by atoms with E-state index < -0.39 is 5.97 Å². The monoisotopic (exact) mass is 376 g/mol. The molecule has 7 nitrogen and oxygen atoms in total. The molecule has 2 amide bonds. The van der Waals surface area contributed by atoms with Crippen molar-refractivity contribution >= 4 is 17.8 Å². The zero-order valence-electron chi connectivity index (χ0n) is 16.0. The summed E-state index contributed by atoms with van der Waals surface area (Å²) in [5.74, 6) is -0.511. The highest BCUT2D eigenvalue weighted by Crippen LogP contribution is 2.21. The molecule has 7 heteroatoms. The number of carbonyl (C=O) groups is 3. The number of rotatable bonds is 8. The van der Waals surface area contributed by atoms with Gasteiger partial charge in [-0.1, -0.05) is 19.1 Å². The van der Waals surface area contributed by atoms with E-state index in [-0.39, 0.29) is 24.3 Å². The Kier molecular flexibility index (Phi) is 7.64. The van der Waals surface area contributed by atoms with Gasteiger partial charge in [0.05, 0.1) is 5.92 Å². The predicted octanol–water partition coefficient (Wildman–Crippen LogP) is 2.15. The van der Waals surface area contributed by atoms with Gasteiger partial charge in [0.2, 0.25) is 11.8 Å². The Balaban J connectivity index is 1.89. The lowest BCUT2D eigenvalue weighted by atomic mass is 9.96. The fourth-order valence-electron chi connectivity index (χ4n) is 3.28. The standard InChI is InChI=1S/C20H28N2O5/c1-3-5-18(23)22-11-4-6-16(13-22)20(26)21(2)12-15-7-9-17(10-8-15)27-14-19(24)25/h7-10,16H,3-6,11-14H2,1-2H3,(H,24,25). The van der Waals surface area contributed by atoms with Crippen LogP contribution in [0, 0.1) is 5.92 Å². The average Bonchev–Trinajstić information content (AvgIpc) is 2.67. The summed E-state index contributed by atoms with van der Waals surface area (Å²) in [5.41, 5.74) is 0.934. The van der Waals surface area contributed by atoms with Gasteiger partial charge in [0.15, 0.2) is 6.61 Å².